The number of rotatable bonds is 3. The Balaban J connectivity index is 1.41. The molecule has 2 heterocycles. The third kappa shape index (κ3) is 3.79. The van der Waals surface area contributed by atoms with Crippen LogP contribution in [0.1, 0.15) is 52.4 Å². The molecular weight excluding hydrogens is 294 g/mol. The number of amides is 1. The van der Waals surface area contributed by atoms with Crippen molar-refractivity contribution in [1.29, 1.82) is 0 Å². The smallest absolute Gasteiger partial charge is 0.233 e. The van der Waals surface area contributed by atoms with Crippen LogP contribution in [0.2, 0.25) is 0 Å². The number of piperidine rings is 1. The molecule has 0 aromatic rings. The van der Waals surface area contributed by atoms with E-state index in [2.05, 4.69) is 24.1 Å². The van der Waals surface area contributed by atoms with Crippen LogP contribution < -0.4 is 5.32 Å². The minimum atomic E-state index is 0.284. The summed E-state index contributed by atoms with van der Waals surface area (Å²) in [7, 11) is 0. The fourth-order valence-electron chi connectivity index (χ4n) is 3.90. The minimum absolute atomic E-state index is 0.284. The summed E-state index contributed by atoms with van der Waals surface area (Å²) >= 11 is 1.61. The average Bonchev–Trinajstić information content (AvgIpc) is 2.95. The molecule has 1 saturated heterocycles. The Hall–Kier alpha value is -0.710. The summed E-state index contributed by atoms with van der Waals surface area (Å²) in [6, 6.07) is 1.00. The number of carbonyl (C=O) groups excluding carboxylic acids is 1. The Bertz CT molecular complexity index is 430. The SMILES string of the molecule is CC(C)C1CCN(C(=O)CSC2=N[C@H]3CCCCC3N2)CC1. The van der Waals surface area contributed by atoms with Gasteiger partial charge < -0.3 is 10.2 Å². The molecule has 1 aliphatic carbocycles. The van der Waals surface area contributed by atoms with Crippen LogP contribution in [0.4, 0.5) is 0 Å². The normalized spacial score (nSPS) is 29.2. The fourth-order valence-corrected chi connectivity index (χ4v) is 4.78. The topological polar surface area (TPSA) is 44.7 Å². The molecule has 22 heavy (non-hydrogen) atoms. The average molecular weight is 324 g/mol. The molecule has 5 heteroatoms. The zero-order valence-electron chi connectivity index (χ0n) is 13.9. The van der Waals surface area contributed by atoms with E-state index in [0.29, 0.717) is 17.8 Å². The van der Waals surface area contributed by atoms with E-state index in [1.807, 2.05) is 0 Å². The molecule has 0 radical (unpaired) electrons. The first kappa shape index (κ1) is 16.2. The third-order valence-electron chi connectivity index (χ3n) is 5.49. The highest BCUT2D eigenvalue weighted by molar-refractivity contribution is 8.14. The number of aliphatic imine (C=N–C) groups is 1. The van der Waals surface area contributed by atoms with Gasteiger partial charge in [0.1, 0.15) is 0 Å². The molecule has 0 bridgehead atoms. The molecule has 4 nitrogen and oxygen atoms in total. The monoisotopic (exact) mass is 323 g/mol. The van der Waals surface area contributed by atoms with Crippen molar-refractivity contribution in [1.82, 2.24) is 10.2 Å². The van der Waals surface area contributed by atoms with E-state index in [1.54, 1.807) is 11.8 Å². The van der Waals surface area contributed by atoms with Gasteiger partial charge >= 0.3 is 0 Å². The third-order valence-corrected chi connectivity index (χ3v) is 6.38. The van der Waals surface area contributed by atoms with Gasteiger partial charge in [0, 0.05) is 13.1 Å². The van der Waals surface area contributed by atoms with Crippen molar-refractivity contribution in [2.75, 3.05) is 18.8 Å². The van der Waals surface area contributed by atoms with Crippen LogP contribution in [0.5, 0.6) is 0 Å². The number of hydrogen-bond donors (Lipinski definition) is 1. The van der Waals surface area contributed by atoms with Gasteiger partial charge in [-0.25, -0.2) is 0 Å². The van der Waals surface area contributed by atoms with Gasteiger partial charge in [0.05, 0.1) is 17.8 Å². The van der Waals surface area contributed by atoms with Gasteiger partial charge in [0.15, 0.2) is 5.17 Å². The van der Waals surface area contributed by atoms with E-state index in [9.17, 15) is 4.79 Å². The highest BCUT2D eigenvalue weighted by atomic mass is 32.2. The number of amidine groups is 1. The molecule has 2 fully saturated rings. The standard InChI is InChI=1S/C17H29N3OS/c1-12(2)13-7-9-20(10-8-13)16(21)11-22-17-18-14-5-3-4-6-15(14)19-17/h12-15H,3-11H2,1-2H3,(H,18,19)/t14-,15?/m0/s1. The number of hydrogen-bond acceptors (Lipinski definition) is 4. The predicted molar refractivity (Wildman–Crippen MR) is 93.2 cm³/mol. The number of fused-ring (bicyclic) bond motifs is 1. The van der Waals surface area contributed by atoms with E-state index in [-0.39, 0.29) is 5.91 Å². The second-order valence-electron chi connectivity index (χ2n) is 7.29. The van der Waals surface area contributed by atoms with Crippen molar-refractivity contribution in [2.24, 2.45) is 16.8 Å². The maximum atomic E-state index is 12.4. The van der Waals surface area contributed by atoms with E-state index in [4.69, 9.17) is 4.99 Å². The van der Waals surface area contributed by atoms with Crippen LogP contribution in [-0.4, -0.2) is 46.9 Å². The highest BCUT2D eigenvalue weighted by Gasteiger charge is 2.31. The zero-order valence-corrected chi connectivity index (χ0v) is 14.7. The fraction of sp³-hybridized carbons (Fsp3) is 0.882. The molecule has 0 aromatic heterocycles. The molecule has 124 valence electrons. The van der Waals surface area contributed by atoms with E-state index >= 15 is 0 Å². The summed E-state index contributed by atoms with van der Waals surface area (Å²) in [5.41, 5.74) is 0. The largest absolute Gasteiger partial charge is 0.360 e. The molecule has 2 aliphatic heterocycles. The zero-order chi connectivity index (χ0) is 15.5. The van der Waals surface area contributed by atoms with Crippen molar-refractivity contribution >= 4 is 22.8 Å². The lowest BCUT2D eigenvalue weighted by Crippen LogP contribution is -2.41. The first-order valence-electron chi connectivity index (χ1n) is 8.88. The lowest BCUT2D eigenvalue weighted by atomic mass is 9.87. The second kappa shape index (κ2) is 7.24. The van der Waals surface area contributed by atoms with Gasteiger partial charge in [-0.05, 0) is 37.5 Å². The van der Waals surface area contributed by atoms with E-state index in [1.165, 1.54) is 25.7 Å². The van der Waals surface area contributed by atoms with Crippen molar-refractivity contribution in [2.45, 2.75) is 64.5 Å². The van der Waals surface area contributed by atoms with E-state index < -0.39 is 0 Å². The molecule has 1 amide bonds. The van der Waals surface area contributed by atoms with Crippen molar-refractivity contribution < 1.29 is 4.79 Å². The Kier molecular flexibility index (Phi) is 5.32. The van der Waals surface area contributed by atoms with Crippen LogP contribution in [-0.2, 0) is 4.79 Å². The summed E-state index contributed by atoms with van der Waals surface area (Å²) in [5, 5.41) is 4.52. The lowest BCUT2D eigenvalue weighted by Gasteiger charge is -2.33. The Morgan fingerprint density at radius 1 is 1.27 bits per heavy atom. The van der Waals surface area contributed by atoms with Crippen molar-refractivity contribution in [3.05, 3.63) is 0 Å². The van der Waals surface area contributed by atoms with Crippen LogP contribution >= 0.6 is 11.8 Å². The molecule has 3 aliphatic rings. The minimum Gasteiger partial charge on any atom is -0.360 e. The molecule has 0 aromatic carbocycles. The quantitative estimate of drug-likeness (QED) is 0.868. The highest BCUT2D eigenvalue weighted by Crippen LogP contribution is 2.28. The second-order valence-corrected chi connectivity index (χ2v) is 8.25. The summed E-state index contributed by atoms with van der Waals surface area (Å²) < 4.78 is 0. The number of likely N-dealkylation sites (tertiary alicyclic amines) is 1. The first-order chi connectivity index (χ1) is 10.6. The van der Waals surface area contributed by atoms with Gasteiger partial charge in [-0.3, -0.25) is 9.79 Å². The summed E-state index contributed by atoms with van der Waals surface area (Å²) in [6.07, 6.45) is 7.38. The van der Waals surface area contributed by atoms with Gasteiger partial charge in [0.2, 0.25) is 5.91 Å². The Morgan fingerprint density at radius 2 is 2.00 bits per heavy atom. The van der Waals surface area contributed by atoms with Gasteiger partial charge in [0.25, 0.3) is 0 Å². The molecule has 1 saturated carbocycles. The maximum Gasteiger partial charge on any atom is 0.233 e. The molecular formula is C17H29N3OS. The molecule has 1 N–H and O–H groups in total. The van der Waals surface area contributed by atoms with Crippen LogP contribution in [0, 0.1) is 11.8 Å². The van der Waals surface area contributed by atoms with Crippen molar-refractivity contribution in [3.63, 3.8) is 0 Å². The van der Waals surface area contributed by atoms with Crippen LogP contribution in [0.15, 0.2) is 4.99 Å². The van der Waals surface area contributed by atoms with E-state index in [0.717, 1.165) is 42.9 Å². The van der Waals surface area contributed by atoms with Crippen molar-refractivity contribution in [3.8, 4) is 0 Å². The number of carbonyl (C=O) groups is 1. The van der Waals surface area contributed by atoms with Crippen LogP contribution in [0.3, 0.4) is 0 Å². The molecule has 1 unspecified atom stereocenters. The summed E-state index contributed by atoms with van der Waals surface area (Å²) in [6.45, 7) is 6.46. The Morgan fingerprint density at radius 3 is 2.68 bits per heavy atom. The number of thioether (sulfide) groups is 1. The predicted octanol–water partition coefficient (Wildman–Crippen LogP) is 2.88. The number of nitrogens with zero attached hydrogens (tertiary/aromatic N) is 2. The van der Waals surface area contributed by atoms with Gasteiger partial charge in [-0.2, -0.15) is 0 Å². The molecule has 3 rings (SSSR count). The molecule has 2 atom stereocenters. The van der Waals surface area contributed by atoms with Crippen LogP contribution in [0.25, 0.3) is 0 Å². The number of nitrogens with one attached hydrogen (secondary N) is 1. The summed E-state index contributed by atoms with van der Waals surface area (Å²) in [4.78, 5) is 19.2. The first-order valence-corrected chi connectivity index (χ1v) is 9.87. The van der Waals surface area contributed by atoms with Gasteiger partial charge in [-0.1, -0.05) is 38.5 Å². The Labute approximate surface area is 138 Å². The summed E-state index contributed by atoms with van der Waals surface area (Å²) in [5.74, 6) is 2.36. The van der Waals surface area contributed by atoms with Gasteiger partial charge in [-0.15, -0.1) is 0 Å². The lowest BCUT2D eigenvalue weighted by molar-refractivity contribution is -0.129. The maximum absolute atomic E-state index is 12.4. The molecule has 0 spiro atoms.